The van der Waals surface area contributed by atoms with Crippen LogP contribution in [0.15, 0.2) is 0 Å². The molecular weight excluding hydrogens is 128 g/mol. The molecule has 10 heavy (non-hydrogen) atoms. The largest absolute Gasteiger partial charge is 0.393 e. The first-order valence-electron chi connectivity index (χ1n) is 3.97. The van der Waals surface area contributed by atoms with Crippen LogP contribution in [-0.2, 0) is 0 Å². The van der Waals surface area contributed by atoms with Crippen LogP contribution in [0.2, 0.25) is 0 Å². The Kier molecular flexibility index (Phi) is 2.32. The van der Waals surface area contributed by atoms with Crippen molar-refractivity contribution >= 4 is 0 Å². The highest BCUT2D eigenvalue weighted by atomic mass is 16.3. The lowest BCUT2D eigenvalue weighted by Crippen LogP contribution is -2.35. The van der Waals surface area contributed by atoms with Crippen molar-refractivity contribution in [2.45, 2.75) is 38.9 Å². The second-order valence-corrected chi connectivity index (χ2v) is 3.56. The predicted octanol–water partition coefficient (Wildman–Crippen LogP) is 0.774. The minimum atomic E-state index is -0.196. The minimum Gasteiger partial charge on any atom is -0.393 e. The van der Waals surface area contributed by atoms with E-state index in [1.807, 2.05) is 13.8 Å². The Balaban J connectivity index is 2.46. The van der Waals surface area contributed by atoms with E-state index in [2.05, 4.69) is 0 Å². The summed E-state index contributed by atoms with van der Waals surface area (Å²) in [5.74, 6) is 0.539. The van der Waals surface area contributed by atoms with Crippen molar-refractivity contribution < 1.29 is 10.2 Å². The first kappa shape index (κ1) is 8.02. The average Bonchev–Trinajstić information content (AvgIpc) is 1.84. The van der Waals surface area contributed by atoms with Crippen molar-refractivity contribution in [2.24, 2.45) is 11.8 Å². The van der Waals surface area contributed by atoms with Crippen LogP contribution in [0, 0.1) is 11.8 Å². The highest BCUT2D eigenvalue weighted by Gasteiger charge is 2.29. The second kappa shape index (κ2) is 2.89. The van der Waals surface area contributed by atoms with E-state index < -0.39 is 0 Å². The maximum Gasteiger partial charge on any atom is 0.0570 e. The van der Waals surface area contributed by atoms with E-state index in [0.717, 1.165) is 12.8 Å². The van der Waals surface area contributed by atoms with Crippen molar-refractivity contribution in [2.75, 3.05) is 0 Å². The van der Waals surface area contributed by atoms with Gasteiger partial charge in [0.05, 0.1) is 12.2 Å². The molecule has 0 bridgehead atoms. The maximum atomic E-state index is 9.35. The van der Waals surface area contributed by atoms with Gasteiger partial charge in [-0.2, -0.15) is 0 Å². The number of hydrogen-bond donors (Lipinski definition) is 2. The summed E-state index contributed by atoms with van der Waals surface area (Å²) in [6.45, 7) is 3.97. The SMILES string of the molecule is C[C@@H]1C[C@H](O)[C@H](C)C[C@H]1O. The molecule has 0 spiro atoms. The predicted molar refractivity (Wildman–Crippen MR) is 39.6 cm³/mol. The van der Waals surface area contributed by atoms with Crippen LogP contribution >= 0.6 is 0 Å². The third kappa shape index (κ3) is 1.50. The number of aliphatic hydroxyl groups is 2. The molecule has 1 rings (SSSR count). The molecule has 0 amide bonds. The molecule has 0 radical (unpaired) electrons. The zero-order valence-corrected chi connectivity index (χ0v) is 6.62. The number of aliphatic hydroxyl groups excluding tert-OH is 2. The molecule has 0 saturated heterocycles. The summed E-state index contributed by atoms with van der Waals surface area (Å²) in [6, 6.07) is 0. The van der Waals surface area contributed by atoms with Gasteiger partial charge in [-0.3, -0.25) is 0 Å². The van der Waals surface area contributed by atoms with Gasteiger partial charge >= 0.3 is 0 Å². The summed E-state index contributed by atoms with van der Waals surface area (Å²) < 4.78 is 0. The molecule has 2 nitrogen and oxygen atoms in total. The van der Waals surface area contributed by atoms with Crippen LogP contribution in [0.1, 0.15) is 26.7 Å². The Morgan fingerprint density at radius 2 is 1.20 bits per heavy atom. The normalized spacial score (nSPS) is 49.2. The summed E-state index contributed by atoms with van der Waals surface area (Å²) in [5, 5.41) is 18.7. The maximum absolute atomic E-state index is 9.35. The highest BCUT2D eigenvalue weighted by Crippen LogP contribution is 2.28. The molecule has 0 aromatic carbocycles. The standard InChI is InChI=1S/C8H16O2/c1-5-3-8(10)6(2)4-7(5)9/h5-10H,3-4H2,1-2H3/t5-,6-,7-,8+/m1/s1. The smallest absolute Gasteiger partial charge is 0.0570 e. The molecule has 4 atom stereocenters. The fourth-order valence-corrected chi connectivity index (χ4v) is 1.54. The van der Waals surface area contributed by atoms with Crippen LogP contribution in [0.3, 0.4) is 0 Å². The fraction of sp³-hybridized carbons (Fsp3) is 1.00. The fourth-order valence-electron chi connectivity index (χ4n) is 1.54. The van der Waals surface area contributed by atoms with E-state index in [1.54, 1.807) is 0 Å². The van der Waals surface area contributed by atoms with Crippen LogP contribution in [0.5, 0.6) is 0 Å². The van der Waals surface area contributed by atoms with Crippen molar-refractivity contribution in [3.63, 3.8) is 0 Å². The van der Waals surface area contributed by atoms with Gasteiger partial charge in [0.1, 0.15) is 0 Å². The molecule has 0 unspecified atom stereocenters. The van der Waals surface area contributed by atoms with Crippen LogP contribution in [0.25, 0.3) is 0 Å². The zero-order valence-electron chi connectivity index (χ0n) is 6.62. The average molecular weight is 144 g/mol. The van der Waals surface area contributed by atoms with Gasteiger partial charge in [-0.1, -0.05) is 13.8 Å². The van der Waals surface area contributed by atoms with Gasteiger partial charge < -0.3 is 10.2 Å². The van der Waals surface area contributed by atoms with Crippen LogP contribution in [-0.4, -0.2) is 22.4 Å². The molecule has 1 aliphatic carbocycles. The Bertz CT molecular complexity index is 87.8. The molecule has 0 aliphatic heterocycles. The topological polar surface area (TPSA) is 40.5 Å². The van der Waals surface area contributed by atoms with Gasteiger partial charge in [-0.15, -0.1) is 0 Å². The van der Waals surface area contributed by atoms with E-state index >= 15 is 0 Å². The molecule has 0 aromatic rings. The van der Waals surface area contributed by atoms with Gasteiger partial charge in [0.15, 0.2) is 0 Å². The first-order chi connectivity index (χ1) is 4.61. The van der Waals surface area contributed by atoms with E-state index in [-0.39, 0.29) is 24.0 Å². The van der Waals surface area contributed by atoms with E-state index in [0.29, 0.717) is 0 Å². The quantitative estimate of drug-likeness (QED) is 0.527. The summed E-state index contributed by atoms with van der Waals surface area (Å²) in [6.07, 6.45) is 1.11. The first-order valence-corrected chi connectivity index (χ1v) is 3.97. The second-order valence-electron chi connectivity index (χ2n) is 3.56. The highest BCUT2D eigenvalue weighted by molar-refractivity contribution is 4.80. The molecule has 2 N–H and O–H groups in total. The molecule has 1 saturated carbocycles. The Morgan fingerprint density at radius 1 is 0.900 bits per heavy atom. The summed E-state index contributed by atoms with van der Waals surface area (Å²) >= 11 is 0. The van der Waals surface area contributed by atoms with Crippen LogP contribution < -0.4 is 0 Å². The van der Waals surface area contributed by atoms with Gasteiger partial charge in [0, 0.05) is 0 Å². The minimum absolute atomic E-state index is 0.196. The summed E-state index contributed by atoms with van der Waals surface area (Å²) in [4.78, 5) is 0. The number of rotatable bonds is 0. The van der Waals surface area contributed by atoms with Crippen molar-refractivity contribution in [1.82, 2.24) is 0 Å². The van der Waals surface area contributed by atoms with Crippen molar-refractivity contribution in [3.8, 4) is 0 Å². The number of hydrogen-bond acceptors (Lipinski definition) is 2. The third-order valence-electron chi connectivity index (χ3n) is 2.54. The lowest BCUT2D eigenvalue weighted by Gasteiger charge is -2.33. The van der Waals surface area contributed by atoms with Gasteiger partial charge in [-0.05, 0) is 24.7 Å². The van der Waals surface area contributed by atoms with E-state index in [1.165, 1.54) is 0 Å². The Hall–Kier alpha value is -0.0800. The van der Waals surface area contributed by atoms with Gasteiger partial charge in [0.25, 0.3) is 0 Å². The Labute approximate surface area is 61.9 Å². The van der Waals surface area contributed by atoms with Gasteiger partial charge in [-0.25, -0.2) is 0 Å². The van der Waals surface area contributed by atoms with Crippen LogP contribution in [0.4, 0.5) is 0 Å². The van der Waals surface area contributed by atoms with E-state index in [4.69, 9.17) is 0 Å². The molecular formula is C8H16O2. The Morgan fingerprint density at radius 3 is 1.50 bits per heavy atom. The van der Waals surface area contributed by atoms with Crippen molar-refractivity contribution in [1.29, 1.82) is 0 Å². The molecule has 1 aliphatic rings. The molecule has 2 heteroatoms. The molecule has 0 aromatic heterocycles. The van der Waals surface area contributed by atoms with Crippen molar-refractivity contribution in [3.05, 3.63) is 0 Å². The summed E-state index contributed by atoms with van der Waals surface area (Å²) in [5.41, 5.74) is 0. The zero-order chi connectivity index (χ0) is 7.72. The lowest BCUT2D eigenvalue weighted by atomic mass is 9.80. The lowest BCUT2D eigenvalue weighted by molar-refractivity contribution is -0.0203. The molecule has 0 heterocycles. The van der Waals surface area contributed by atoms with E-state index in [9.17, 15) is 10.2 Å². The molecule has 1 fully saturated rings. The monoisotopic (exact) mass is 144 g/mol. The summed E-state index contributed by atoms with van der Waals surface area (Å²) in [7, 11) is 0. The third-order valence-corrected chi connectivity index (χ3v) is 2.54. The molecule has 60 valence electrons. The van der Waals surface area contributed by atoms with Gasteiger partial charge in [0.2, 0.25) is 0 Å².